The van der Waals surface area contributed by atoms with Gasteiger partial charge in [-0.3, -0.25) is 0 Å². The van der Waals surface area contributed by atoms with Crippen LogP contribution in [0.3, 0.4) is 0 Å². The summed E-state index contributed by atoms with van der Waals surface area (Å²) < 4.78 is 51.4. The fourth-order valence-electron chi connectivity index (χ4n) is 1.85. The number of amides is 1. The Kier molecular flexibility index (Phi) is 4.21. The lowest BCUT2D eigenvalue weighted by Crippen LogP contribution is -2.44. The highest BCUT2D eigenvalue weighted by Gasteiger charge is 2.34. The van der Waals surface area contributed by atoms with E-state index in [0.29, 0.717) is 0 Å². The number of nitrogens with zero attached hydrogens (tertiary/aromatic N) is 1. The van der Waals surface area contributed by atoms with Crippen molar-refractivity contribution < 1.29 is 26.4 Å². The van der Waals surface area contributed by atoms with Gasteiger partial charge in [-0.25, -0.2) is 19.1 Å². The minimum atomic E-state index is -4.22. The number of carbonyl (C=O) groups is 1. The maximum atomic E-state index is 12.1. The molecule has 1 aliphatic rings. The van der Waals surface area contributed by atoms with Crippen molar-refractivity contribution in [3.63, 3.8) is 0 Å². The Labute approximate surface area is 122 Å². The molecule has 116 valence electrons. The van der Waals surface area contributed by atoms with Gasteiger partial charge >= 0.3 is 6.09 Å². The molecule has 1 unspecified atom stereocenters. The first kappa shape index (κ1) is 15.7. The maximum Gasteiger partial charge on any atom is 0.439 e. The van der Waals surface area contributed by atoms with Gasteiger partial charge in [0.15, 0.2) is 9.84 Å². The van der Waals surface area contributed by atoms with Crippen LogP contribution in [-0.2, 0) is 24.6 Å². The van der Waals surface area contributed by atoms with Crippen LogP contribution in [0.5, 0.6) is 0 Å². The van der Waals surface area contributed by atoms with Crippen LogP contribution in [-0.4, -0.2) is 45.0 Å². The van der Waals surface area contributed by atoms with Crippen LogP contribution in [0.15, 0.2) is 35.2 Å². The van der Waals surface area contributed by atoms with Gasteiger partial charge in [0.2, 0.25) is 0 Å². The molecule has 0 bridgehead atoms. The zero-order valence-electron chi connectivity index (χ0n) is 10.9. The second-order valence-corrected chi connectivity index (χ2v) is 8.57. The van der Waals surface area contributed by atoms with Gasteiger partial charge in [0.05, 0.1) is 16.4 Å². The standard InChI is InChI=1S/C11H14N2O6S2/c12-13(21(17,18)10-4-2-1-3-5-10)11(14)19-9-6-7-20(15,16)8-9/h1-5,9H,6-8,12H2. The quantitative estimate of drug-likeness (QED) is 0.464. The van der Waals surface area contributed by atoms with Crippen molar-refractivity contribution in [2.45, 2.75) is 17.4 Å². The molecule has 2 N–H and O–H groups in total. The number of carbonyl (C=O) groups excluding carboxylic acids is 1. The summed E-state index contributed by atoms with van der Waals surface area (Å²) in [5.74, 6) is 4.88. The van der Waals surface area contributed by atoms with E-state index >= 15 is 0 Å². The van der Waals surface area contributed by atoms with Gasteiger partial charge in [-0.05, 0) is 18.6 Å². The zero-order chi connectivity index (χ0) is 15.7. The summed E-state index contributed by atoms with van der Waals surface area (Å²) in [5.41, 5.74) is 0. The number of benzene rings is 1. The topological polar surface area (TPSA) is 124 Å². The molecule has 0 aromatic heterocycles. The third-order valence-corrected chi connectivity index (χ3v) is 6.21. The lowest BCUT2D eigenvalue weighted by molar-refractivity contribution is 0.0919. The summed E-state index contributed by atoms with van der Waals surface area (Å²) in [6.07, 6.45) is -2.05. The Morgan fingerprint density at radius 2 is 1.90 bits per heavy atom. The summed E-state index contributed by atoms with van der Waals surface area (Å²) >= 11 is 0. The van der Waals surface area contributed by atoms with Crippen molar-refractivity contribution in [2.24, 2.45) is 5.84 Å². The lowest BCUT2D eigenvalue weighted by Gasteiger charge is -2.18. The molecule has 21 heavy (non-hydrogen) atoms. The molecule has 1 saturated heterocycles. The monoisotopic (exact) mass is 334 g/mol. The SMILES string of the molecule is NN(C(=O)OC1CCS(=O)(=O)C1)S(=O)(=O)c1ccccc1. The van der Waals surface area contributed by atoms with Crippen LogP contribution in [0.25, 0.3) is 0 Å². The van der Waals surface area contributed by atoms with Crippen LogP contribution >= 0.6 is 0 Å². The molecule has 0 radical (unpaired) electrons. The van der Waals surface area contributed by atoms with E-state index in [2.05, 4.69) is 0 Å². The minimum absolute atomic E-state index is 0.0206. The smallest absolute Gasteiger partial charge is 0.439 e. The third kappa shape index (κ3) is 3.52. The molecule has 0 spiro atoms. The average molecular weight is 334 g/mol. The number of nitrogens with two attached hydrogens (primary N) is 1. The van der Waals surface area contributed by atoms with Crippen molar-refractivity contribution >= 4 is 26.0 Å². The highest BCUT2D eigenvalue weighted by Crippen LogP contribution is 2.18. The number of sulfonamides is 1. The number of ether oxygens (including phenoxy) is 1. The van der Waals surface area contributed by atoms with Crippen molar-refractivity contribution in [3.05, 3.63) is 30.3 Å². The predicted octanol–water partition coefficient (Wildman–Crippen LogP) is -0.125. The van der Waals surface area contributed by atoms with Crippen LogP contribution in [0.2, 0.25) is 0 Å². The minimum Gasteiger partial charge on any atom is -0.443 e. The highest BCUT2D eigenvalue weighted by molar-refractivity contribution is 7.91. The molecule has 1 heterocycles. The second-order valence-electron chi connectivity index (χ2n) is 4.52. The molecule has 8 nitrogen and oxygen atoms in total. The predicted molar refractivity (Wildman–Crippen MR) is 73.2 cm³/mol. The van der Waals surface area contributed by atoms with E-state index in [9.17, 15) is 21.6 Å². The fraction of sp³-hybridized carbons (Fsp3) is 0.364. The van der Waals surface area contributed by atoms with Crippen LogP contribution < -0.4 is 5.84 Å². The van der Waals surface area contributed by atoms with Crippen molar-refractivity contribution in [3.8, 4) is 0 Å². The van der Waals surface area contributed by atoms with E-state index in [0.717, 1.165) is 0 Å². The fourth-order valence-corrected chi connectivity index (χ4v) is 4.41. The van der Waals surface area contributed by atoms with E-state index in [4.69, 9.17) is 10.6 Å². The summed E-state index contributed by atoms with van der Waals surface area (Å²) in [6.45, 7) is 0. The second kappa shape index (κ2) is 5.62. The molecule has 2 rings (SSSR count). The Bertz CT molecular complexity index is 729. The summed E-state index contributed by atoms with van der Waals surface area (Å²) in [5, 5.41) is 0. The van der Waals surface area contributed by atoms with Gasteiger partial charge < -0.3 is 4.74 Å². The first-order chi connectivity index (χ1) is 9.72. The maximum absolute atomic E-state index is 12.1. The first-order valence-electron chi connectivity index (χ1n) is 5.98. The number of hydrogen-bond acceptors (Lipinski definition) is 7. The molecule has 1 amide bonds. The van der Waals surface area contributed by atoms with Crippen LogP contribution in [0, 0.1) is 0 Å². The van der Waals surface area contributed by atoms with Crippen LogP contribution in [0.4, 0.5) is 4.79 Å². The summed E-state index contributed by atoms with van der Waals surface area (Å²) in [7, 11) is -7.46. The number of sulfone groups is 1. The molecular weight excluding hydrogens is 320 g/mol. The van der Waals surface area contributed by atoms with E-state index < -0.39 is 32.1 Å². The highest BCUT2D eigenvalue weighted by atomic mass is 32.2. The van der Waals surface area contributed by atoms with E-state index in [1.165, 1.54) is 24.3 Å². The molecule has 10 heteroatoms. The van der Waals surface area contributed by atoms with Gasteiger partial charge in [0, 0.05) is 0 Å². The molecule has 1 fully saturated rings. The van der Waals surface area contributed by atoms with Gasteiger partial charge in [0.25, 0.3) is 10.0 Å². The zero-order valence-corrected chi connectivity index (χ0v) is 12.5. The Morgan fingerprint density at radius 1 is 1.29 bits per heavy atom. The van der Waals surface area contributed by atoms with E-state index in [-0.39, 0.29) is 27.2 Å². The third-order valence-electron chi connectivity index (χ3n) is 2.94. The molecule has 1 aromatic carbocycles. The number of hydrazine groups is 1. The normalized spacial score (nSPS) is 20.9. The number of hydrogen-bond donors (Lipinski definition) is 1. The molecule has 0 aliphatic carbocycles. The van der Waals surface area contributed by atoms with Gasteiger partial charge in [-0.15, -0.1) is 4.41 Å². The Morgan fingerprint density at radius 3 is 2.43 bits per heavy atom. The molecular formula is C11H14N2O6S2. The lowest BCUT2D eigenvalue weighted by atomic mass is 10.3. The molecule has 1 aliphatic heterocycles. The first-order valence-corrected chi connectivity index (χ1v) is 9.25. The molecule has 1 atom stereocenters. The van der Waals surface area contributed by atoms with Gasteiger partial charge in [-0.2, -0.15) is 8.42 Å². The van der Waals surface area contributed by atoms with E-state index in [1.54, 1.807) is 6.07 Å². The van der Waals surface area contributed by atoms with Crippen molar-refractivity contribution in [1.29, 1.82) is 0 Å². The molecule has 0 saturated carbocycles. The number of rotatable bonds is 3. The average Bonchev–Trinajstić information content (AvgIpc) is 2.78. The van der Waals surface area contributed by atoms with Crippen molar-refractivity contribution in [2.75, 3.05) is 11.5 Å². The van der Waals surface area contributed by atoms with Gasteiger partial charge in [-0.1, -0.05) is 18.2 Å². The summed E-state index contributed by atoms with van der Waals surface area (Å²) in [4.78, 5) is 11.6. The van der Waals surface area contributed by atoms with Crippen LogP contribution in [0.1, 0.15) is 6.42 Å². The summed E-state index contributed by atoms with van der Waals surface area (Å²) in [6, 6.07) is 7.14. The largest absolute Gasteiger partial charge is 0.443 e. The Hall–Kier alpha value is -1.65. The Balaban J connectivity index is 2.10. The van der Waals surface area contributed by atoms with E-state index in [1.807, 2.05) is 0 Å². The molecule has 1 aromatic rings. The van der Waals surface area contributed by atoms with Gasteiger partial charge in [0.1, 0.15) is 6.10 Å². The van der Waals surface area contributed by atoms with Crippen molar-refractivity contribution in [1.82, 2.24) is 4.41 Å².